The Hall–Kier alpha value is -1.06. The van der Waals surface area contributed by atoms with Gasteiger partial charge in [-0.15, -0.1) is 0 Å². The monoisotopic (exact) mass is 195 g/mol. The Bertz CT molecular complexity index is 286. The van der Waals surface area contributed by atoms with Crippen LogP contribution in [0.3, 0.4) is 0 Å². The molecule has 0 aromatic heterocycles. The van der Waals surface area contributed by atoms with Gasteiger partial charge in [0.1, 0.15) is 5.75 Å². The van der Waals surface area contributed by atoms with Crippen LogP contribution in [0.15, 0.2) is 24.3 Å². The van der Waals surface area contributed by atoms with Gasteiger partial charge in [0, 0.05) is 0 Å². The molecule has 3 N–H and O–H groups in total. The molecule has 3 nitrogen and oxygen atoms in total. The van der Waals surface area contributed by atoms with Crippen LogP contribution >= 0.6 is 0 Å². The van der Waals surface area contributed by atoms with E-state index < -0.39 is 6.10 Å². The lowest BCUT2D eigenvalue weighted by atomic mass is 10.0. The van der Waals surface area contributed by atoms with E-state index in [4.69, 9.17) is 10.5 Å². The van der Waals surface area contributed by atoms with Gasteiger partial charge in [-0.2, -0.15) is 0 Å². The second-order valence-corrected chi connectivity index (χ2v) is 3.27. The van der Waals surface area contributed by atoms with Crippen molar-refractivity contribution >= 4 is 0 Å². The highest BCUT2D eigenvalue weighted by Gasteiger charge is 2.11. The maximum absolute atomic E-state index is 9.33. The van der Waals surface area contributed by atoms with Crippen LogP contribution in [0.25, 0.3) is 0 Å². The van der Waals surface area contributed by atoms with Gasteiger partial charge in [0.05, 0.1) is 18.8 Å². The fourth-order valence-corrected chi connectivity index (χ4v) is 1.26. The third-order valence-electron chi connectivity index (χ3n) is 2.07. The normalized spacial score (nSPS) is 14.9. The number of aliphatic hydroxyl groups excluding tert-OH is 1. The van der Waals surface area contributed by atoms with Crippen LogP contribution < -0.4 is 10.5 Å². The lowest BCUT2D eigenvalue weighted by Crippen LogP contribution is -2.23. The predicted octanol–water partition coefficient (Wildman–Crippen LogP) is 1.47. The van der Waals surface area contributed by atoms with Crippen LogP contribution in [0, 0.1) is 0 Å². The highest BCUT2D eigenvalue weighted by molar-refractivity contribution is 5.30. The number of hydrogen-bond acceptors (Lipinski definition) is 3. The van der Waals surface area contributed by atoms with Crippen LogP contribution in [0.1, 0.15) is 25.5 Å². The Kier molecular flexibility index (Phi) is 3.92. The molecule has 0 aliphatic carbocycles. The first kappa shape index (κ1) is 11.0. The Balaban J connectivity index is 2.82. The summed E-state index contributed by atoms with van der Waals surface area (Å²) in [5, 5.41) is 9.33. The zero-order chi connectivity index (χ0) is 10.6. The second-order valence-electron chi connectivity index (χ2n) is 3.27. The molecule has 0 amide bonds. The molecule has 78 valence electrons. The lowest BCUT2D eigenvalue weighted by Gasteiger charge is -2.15. The minimum absolute atomic E-state index is 0.351. The molecule has 0 fully saturated rings. The molecule has 14 heavy (non-hydrogen) atoms. The van der Waals surface area contributed by atoms with Crippen LogP contribution in [0.5, 0.6) is 5.75 Å². The average molecular weight is 195 g/mol. The molecule has 0 aliphatic rings. The van der Waals surface area contributed by atoms with Gasteiger partial charge in [-0.05, 0) is 31.5 Å². The molecule has 2 atom stereocenters. The third kappa shape index (κ3) is 2.72. The van der Waals surface area contributed by atoms with Crippen LogP contribution in [-0.4, -0.2) is 17.8 Å². The van der Waals surface area contributed by atoms with Crippen LogP contribution in [0.2, 0.25) is 0 Å². The molecule has 0 bridgehead atoms. The highest BCUT2D eigenvalue weighted by atomic mass is 16.5. The Morgan fingerprint density at radius 1 is 1.50 bits per heavy atom. The van der Waals surface area contributed by atoms with E-state index in [1.165, 1.54) is 0 Å². The van der Waals surface area contributed by atoms with E-state index in [1.54, 1.807) is 6.92 Å². The molecule has 1 rings (SSSR count). The first-order valence-electron chi connectivity index (χ1n) is 4.81. The zero-order valence-electron chi connectivity index (χ0n) is 8.60. The van der Waals surface area contributed by atoms with Crippen molar-refractivity contribution in [2.24, 2.45) is 5.73 Å². The van der Waals surface area contributed by atoms with Gasteiger partial charge < -0.3 is 15.6 Å². The van der Waals surface area contributed by atoms with Gasteiger partial charge >= 0.3 is 0 Å². The molecule has 1 aromatic carbocycles. The minimum atomic E-state index is -0.549. The van der Waals surface area contributed by atoms with Gasteiger partial charge in [0.15, 0.2) is 0 Å². The fraction of sp³-hybridized carbons (Fsp3) is 0.455. The van der Waals surface area contributed by atoms with Gasteiger partial charge in [-0.3, -0.25) is 0 Å². The van der Waals surface area contributed by atoms with E-state index in [-0.39, 0.29) is 6.04 Å². The van der Waals surface area contributed by atoms with Crippen molar-refractivity contribution in [1.29, 1.82) is 0 Å². The highest BCUT2D eigenvalue weighted by Crippen LogP contribution is 2.19. The molecule has 0 radical (unpaired) electrons. The summed E-state index contributed by atoms with van der Waals surface area (Å²) < 4.78 is 5.34. The second kappa shape index (κ2) is 4.98. The van der Waals surface area contributed by atoms with Crippen LogP contribution in [-0.2, 0) is 0 Å². The van der Waals surface area contributed by atoms with Crippen molar-refractivity contribution in [1.82, 2.24) is 0 Å². The molecule has 0 heterocycles. The van der Waals surface area contributed by atoms with E-state index >= 15 is 0 Å². The molecule has 0 saturated heterocycles. The smallest absolute Gasteiger partial charge is 0.119 e. The van der Waals surface area contributed by atoms with E-state index in [9.17, 15) is 5.11 Å². The van der Waals surface area contributed by atoms with E-state index in [2.05, 4.69) is 0 Å². The van der Waals surface area contributed by atoms with Crippen molar-refractivity contribution in [3.05, 3.63) is 29.8 Å². The summed E-state index contributed by atoms with van der Waals surface area (Å²) in [5.41, 5.74) is 6.69. The van der Waals surface area contributed by atoms with Crippen molar-refractivity contribution in [2.75, 3.05) is 6.61 Å². The van der Waals surface area contributed by atoms with Gasteiger partial charge in [-0.1, -0.05) is 12.1 Å². The van der Waals surface area contributed by atoms with E-state index in [1.807, 2.05) is 31.2 Å². The number of hydrogen-bond donors (Lipinski definition) is 2. The van der Waals surface area contributed by atoms with Gasteiger partial charge in [0.2, 0.25) is 0 Å². The third-order valence-corrected chi connectivity index (χ3v) is 2.07. The quantitative estimate of drug-likeness (QED) is 0.764. The number of nitrogens with two attached hydrogens (primary N) is 1. The first-order valence-corrected chi connectivity index (χ1v) is 4.81. The van der Waals surface area contributed by atoms with E-state index in [0.717, 1.165) is 11.3 Å². The molecule has 0 saturated carbocycles. The molecular formula is C11H17NO2. The minimum Gasteiger partial charge on any atom is -0.494 e. The Morgan fingerprint density at radius 3 is 2.79 bits per heavy atom. The summed E-state index contributed by atoms with van der Waals surface area (Å²) in [6.07, 6.45) is -0.549. The van der Waals surface area contributed by atoms with Crippen molar-refractivity contribution in [3.8, 4) is 5.75 Å². The standard InChI is InChI=1S/C11H17NO2/c1-3-14-10-6-4-5-9(7-10)11(12)8(2)13/h4-8,11,13H,3,12H2,1-2H3/t8-,11+/m0/s1. The Labute approximate surface area is 84.5 Å². The van der Waals surface area contributed by atoms with Gasteiger partial charge in [-0.25, -0.2) is 0 Å². The number of rotatable bonds is 4. The summed E-state index contributed by atoms with van der Waals surface area (Å²) >= 11 is 0. The summed E-state index contributed by atoms with van der Waals surface area (Å²) in [6.45, 7) is 4.24. The SMILES string of the molecule is CCOc1cccc([C@H](N)[C@H](C)O)c1. The lowest BCUT2D eigenvalue weighted by molar-refractivity contribution is 0.164. The molecule has 0 spiro atoms. The fourth-order valence-electron chi connectivity index (χ4n) is 1.26. The summed E-state index contributed by atoms with van der Waals surface area (Å²) in [4.78, 5) is 0. The molecule has 0 aliphatic heterocycles. The summed E-state index contributed by atoms with van der Waals surface area (Å²) in [7, 11) is 0. The maximum atomic E-state index is 9.33. The molecule has 1 aromatic rings. The van der Waals surface area contributed by atoms with Crippen molar-refractivity contribution < 1.29 is 9.84 Å². The zero-order valence-corrected chi connectivity index (χ0v) is 8.60. The average Bonchev–Trinajstić information content (AvgIpc) is 2.17. The maximum Gasteiger partial charge on any atom is 0.119 e. The summed E-state index contributed by atoms with van der Waals surface area (Å²) in [6, 6.07) is 7.15. The van der Waals surface area contributed by atoms with Crippen molar-refractivity contribution in [2.45, 2.75) is 26.0 Å². The van der Waals surface area contributed by atoms with E-state index in [0.29, 0.717) is 6.61 Å². The largest absolute Gasteiger partial charge is 0.494 e. The first-order chi connectivity index (χ1) is 6.65. The van der Waals surface area contributed by atoms with Crippen LogP contribution in [0.4, 0.5) is 0 Å². The predicted molar refractivity (Wildman–Crippen MR) is 56.2 cm³/mol. The molecular weight excluding hydrogens is 178 g/mol. The molecule has 0 unspecified atom stereocenters. The number of ether oxygens (including phenoxy) is 1. The number of benzene rings is 1. The Morgan fingerprint density at radius 2 is 2.21 bits per heavy atom. The number of aliphatic hydroxyl groups is 1. The van der Waals surface area contributed by atoms with Gasteiger partial charge in [0.25, 0.3) is 0 Å². The van der Waals surface area contributed by atoms with Crippen molar-refractivity contribution in [3.63, 3.8) is 0 Å². The summed E-state index contributed by atoms with van der Waals surface area (Å²) in [5.74, 6) is 0.793. The topological polar surface area (TPSA) is 55.5 Å². The molecule has 3 heteroatoms.